The van der Waals surface area contributed by atoms with Crippen LogP contribution < -0.4 is 14.2 Å². The van der Waals surface area contributed by atoms with Gasteiger partial charge in [-0.1, -0.05) is 5.16 Å². The minimum absolute atomic E-state index is 0.0457. The highest BCUT2D eigenvalue weighted by molar-refractivity contribution is 7.92. The van der Waals surface area contributed by atoms with E-state index in [1.807, 2.05) is 13.8 Å². The Morgan fingerprint density at radius 1 is 1.13 bits per heavy atom. The molecule has 0 unspecified atom stereocenters. The molecule has 0 aliphatic rings. The van der Waals surface area contributed by atoms with Crippen LogP contribution in [0, 0.1) is 13.8 Å². The molecule has 126 valence electrons. The van der Waals surface area contributed by atoms with E-state index < -0.39 is 10.0 Å². The third-order valence-corrected chi connectivity index (χ3v) is 4.66. The van der Waals surface area contributed by atoms with Crippen molar-refractivity contribution in [2.24, 2.45) is 0 Å². The van der Waals surface area contributed by atoms with Crippen molar-refractivity contribution in [3.63, 3.8) is 0 Å². The quantitative estimate of drug-likeness (QED) is 0.833. The van der Waals surface area contributed by atoms with Gasteiger partial charge in [0.2, 0.25) is 0 Å². The molecule has 23 heavy (non-hydrogen) atoms. The van der Waals surface area contributed by atoms with Gasteiger partial charge in [0.15, 0.2) is 22.2 Å². The topological polar surface area (TPSA) is 90.7 Å². The molecule has 8 heteroatoms. The van der Waals surface area contributed by atoms with E-state index in [0.717, 1.165) is 0 Å². The van der Waals surface area contributed by atoms with Crippen LogP contribution in [0.1, 0.15) is 25.3 Å². The molecule has 1 aromatic carbocycles. The Kier molecular flexibility index (Phi) is 5.15. The molecule has 0 fully saturated rings. The van der Waals surface area contributed by atoms with Gasteiger partial charge in [-0.3, -0.25) is 4.72 Å². The first-order chi connectivity index (χ1) is 10.9. The summed E-state index contributed by atoms with van der Waals surface area (Å²) in [6.45, 7) is 7.78. The summed E-state index contributed by atoms with van der Waals surface area (Å²) in [5.74, 6) is 1.29. The maximum Gasteiger partial charge on any atom is 0.267 e. The first-order valence-electron chi connectivity index (χ1n) is 7.24. The SMILES string of the molecule is CCOc1ccc(NS(=O)(=O)c2c(C)noc2C)cc1OCC. The molecule has 0 aliphatic carbocycles. The van der Waals surface area contributed by atoms with Gasteiger partial charge < -0.3 is 14.0 Å². The maximum absolute atomic E-state index is 12.5. The molecular weight excluding hydrogens is 320 g/mol. The molecule has 1 heterocycles. The van der Waals surface area contributed by atoms with Crippen LogP contribution in [-0.2, 0) is 10.0 Å². The summed E-state index contributed by atoms with van der Waals surface area (Å²) in [5.41, 5.74) is 0.683. The first kappa shape index (κ1) is 17.1. The summed E-state index contributed by atoms with van der Waals surface area (Å²) in [7, 11) is -3.79. The summed E-state index contributed by atoms with van der Waals surface area (Å²) < 4.78 is 43.4. The minimum atomic E-state index is -3.79. The lowest BCUT2D eigenvalue weighted by molar-refractivity contribution is 0.288. The van der Waals surface area contributed by atoms with E-state index in [2.05, 4.69) is 9.88 Å². The molecule has 0 bridgehead atoms. The molecule has 0 radical (unpaired) electrons. The Balaban J connectivity index is 2.34. The van der Waals surface area contributed by atoms with Gasteiger partial charge in [0.1, 0.15) is 5.69 Å². The normalized spacial score (nSPS) is 11.3. The number of aromatic nitrogens is 1. The number of hydrogen-bond donors (Lipinski definition) is 1. The summed E-state index contributed by atoms with van der Waals surface area (Å²) in [6.07, 6.45) is 0. The average Bonchev–Trinajstić information content (AvgIpc) is 2.82. The fraction of sp³-hybridized carbons (Fsp3) is 0.400. The van der Waals surface area contributed by atoms with Crippen LogP contribution in [0.4, 0.5) is 5.69 Å². The zero-order valence-electron chi connectivity index (χ0n) is 13.5. The second-order valence-electron chi connectivity index (χ2n) is 4.79. The number of benzene rings is 1. The van der Waals surface area contributed by atoms with E-state index in [9.17, 15) is 8.42 Å². The fourth-order valence-electron chi connectivity index (χ4n) is 2.18. The first-order valence-corrected chi connectivity index (χ1v) is 8.72. The van der Waals surface area contributed by atoms with Crippen LogP contribution in [-0.4, -0.2) is 26.8 Å². The molecule has 0 spiro atoms. The van der Waals surface area contributed by atoms with Crippen molar-refractivity contribution < 1.29 is 22.4 Å². The van der Waals surface area contributed by atoms with Gasteiger partial charge in [-0.05, 0) is 39.8 Å². The monoisotopic (exact) mass is 340 g/mol. The van der Waals surface area contributed by atoms with E-state index >= 15 is 0 Å². The molecule has 1 N–H and O–H groups in total. The van der Waals surface area contributed by atoms with Crippen molar-refractivity contribution in [3.05, 3.63) is 29.7 Å². The third kappa shape index (κ3) is 3.76. The number of rotatable bonds is 7. The lowest BCUT2D eigenvalue weighted by Crippen LogP contribution is -2.14. The highest BCUT2D eigenvalue weighted by Crippen LogP contribution is 2.32. The van der Waals surface area contributed by atoms with Gasteiger partial charge in [-0.2, -0.15) is 0 Å². The van der Waals surface area contributed by atoms with Crippen molar-refractivity contribution in [3.8, 4) is 11.5 Å². The molecule has 0 saturated heterocycles. The Bertz CT molecular complexity index is 764. The van der Waals surface area contributed by atoms with Gasteiger partial charge in [0.05, 0.1) is 18.9 Å². The molecule has 1 aromatic heterocycles. The second kappa shape index (κ2) is 6.91. The molecule has 7 nitrogen and oxygen atoms in total. The number of nitrogens with one attached hydrogen (secondary N) is 1. The second-order valence-corrected chi connectivity index (χ2v) is 6.41. The predicted octanol–water partition coefficient (Wildman–Crippen LogP) is 2.89. The highest BCUT2D eigenvalue weighted by atomic mass is 32.2. The number of sulfonamides is 1. The van der Waals surface area contributed by atoms with E-state index in [1.54, 1.807) is 32.0 Å². The lowest BCUT2D eigenvalue weighted by atomic mass is 10.3. The van der Waals surface area contributed by atoms with Gasteiger partial charge >= 0.3 is 0 Å². The summed E-state index contributed by atoms with van der Waals surface area (Å²) >= 11 is 0. The van der Waals surface area contributed by atoms with Crippen LogP contribution >= 0.6 is 0 Å². The molecule has 2 aromatic rings. The molecule has 0 saturated carbocycles. The Hall–Kier alpha value is -2.22. The van der Waals surface area contributed by atoms with Crippen LogP contribution in [0.5, 0.6) is 11.5 Å². The molecular formula is C15H20N2O5S. The zero-order chi connectivity index (χ0) is 17.0. The van der Waals surface area contributed by atoms with Crippen molar-refractivity contribution in [2.45, 2.75) is 32.6 Å². The van der Waals surface area contributed by atoms with E-state index in [-0.39, 0.29) is 10.7 Å². The number of ether oxygens (including phenoxy) is 2. The maximum atomic E-state index is 12.5. The smallest absolute Gasteiger partial charge is 0.267 e. The fourth-order valence-corrected chi connectivity index (χ4v) is 3.56. The number of hydrogen-bond acceptors (Lipinski definition) is 6. The predicted molar refractivity (Wildman–Crippen MR) is 85.6 cm³/mol. The molecule has 2 rings (SSSR count). The van der Waals surface area contributed by atoms with E-state index in [1.165, 1.54) is 0 Å². The highest BCUT2D eigenvalue weighted by Gasteiger charge is 2.24. The van der Waals surface area contributed by atoms with Crippen LogP contribution in [0.25, 0.3) is 0 Å². The number of anilines is 1. The zero-order valence-corrected chi connectivity index (χ0v) is 14.4. The van der Waals surface area contributed by atoms with Crippen molar-refractivity contribution in [1.82, 2.24) is 5.16 Å². The summed E-state index contributed by atoms with van der Waals surface area (Å²) in [5, 5.41) is 3.67. The summed E-state index contributed by atoms with van der Waals surface area (Å²) in [4.78, 5) is 0.0457. The van der Waals surface area contributed by atoms with Crippen molar-refractivity contribution >= 4 is 15.7 Å². The molecule has 0 amide bonds. The van der Waals surface area contributed by atoms with Gasteiger partial charge in [0, 0.05) is 6.07 Å². The van der Waals surface area contributed by atoms with Gasteiger partial charge in [-0.25, -0.2) is 8.42 Å². The molecule has 0 aliphatic heterocycles. The van der Waals surface area contributed by atoms with Crippen molar-refractivity contribution in [1.29, 1.82) is 0 Å². The largest absolute Gasteiger partial charge is 0.490 e. The van der Waals surface area contributed by atoms with Gasteiger partial charge in [-0.15, -0.1) is 0 Å². The standard InChI is InChI=1S/C15H20N2O5S/c1-5-20-13-8-7-12(9-14(13)21-6-2)17-23(18,19)15-10(3)16-22-11(15)4/h7-9,17H,5-6H2,1-4H3. The van der Waals surface area contributed by atoms with E-state index in [0.29, 0.717) is 36.1 Å². The van der Waals surface area contributed by atoms with Crippen LogP contribution in [0.15, 0.2) is 27.6 Å². The van der Waals surface area contributed by atoms with Crippen molar-refractivity contribution in [2.75, 3.05) is 17.9 Å². The van der Waals surface area contributed by atoms with Crippen LogP contribution in [0.2, 0.25) is 0 Å². The van der Waals surface area contributed by atoms with Gasteiger partial charge in [0.25, 0.3) is 10.0 Å². The third-order valence-electron chi connectivity index (χ3n) is 3.03. The Morgan fingerprint density at radius 3 is 2.35 bits per heavy atom. The minimum Gasteiger partial charge on any atom is -0.490 e. The number of aryl methyl sites for hydroxylation is 2. The molecule has 0 atom stereocenters. The Morgan fingerprint density at radius 2 is 1.78 bits per heavy atom. The lowest BCUT2D eigenvalue weighted by Gasteiger charge is -2.13. The van der Waals surface area contributed by atoms with E-state index in [4.69, 9.17) is 14.0 Å². The Labute approximate surface area is 135 Å². The summed E-state index contributed by atoms with van der Waals surface area (Å²) in [6, 6.07) is 4.87. The van der Waals surface area contributed by atoms with Crippen LogP contribution in [0.3, 0.4) is 0 Å². The average molecular weight is 340 g/mol. The number of nitrogens with zero attached hydrogens (tertiary/aromatic N) is 1.